The van der Waals surface area contributed by atoms with Crippen molar-refractivity contribution in [3.05, 3.63) is 12.2 Å². The standard InChI is InChI=1S/C13H26N2O/c1-5-6-7-8-9-10-11-13(16)14-12-15(2,3)4/h9-10H,5-8,11-12H2,1-4H3/p+1/b10-9+. The molecule has 0 radical (unpaired) electrons. The van der Waals surface area contributed by atoms with Crippen LogP contribution in [0.5, 0.6) is 0 Å². The number of unbranched alkanes of at least 4 members (excludes halogenated alkanes) is 3. The molecule has 0 aliphatic carbocycles. The highest BCUT2D eigenvalue weighted by atomic mass is 16.1. The molecule has 0 aromatic rings. The van der Waals surface area contributed by atoms with Gasteiger partial charge in [-0.05, 0) is 12.8 Å². The highest BCUT2D eigenvalue weighted by Crippen LogP contribution is 2.00. The molecular weight excluding hydrogens is 200 g/mol. The van der Waals surface area contributed by atoms with E-state index in [0.717, 1.165) is 10.9 Å². The zero-order valence-corrected chi connectivity index (χ0v) is 11.3. The molecule has 94 valence electrons. The SMILES string of the molecule is CCCCC/C=C/CC(=O)NC[N+](C)(C)C. The normalized spacial score (nSPS) is 12.0. The van der Waals surface area contributed by atoms with Crippen LogP contribution in [-0.2, 0) is 4.79 Å². The molecule has 3 nitrogen and oxygen atoms in total. The van der Waals surface area contributed by atoms with Gasteiger partial charge in [-0.1, -0.05) is 31.9 Å². The molecule has 0 atom stereocenters. The summed E-state index contributed by atoms with van der Waals surface area (Å²) in [6, 6.07) is 0. The summed E-state index contributed by atoms with van der Waals surface area (Å²) in [6.45, 7) is 2.88. The van der Waals surface area contributed by atoms with Gasteiger partial charge in [0, 0.05) is 6.42 Å². The van der Waals surface area contributed by atoms with Gasteiger partial charge in [0.05, 0.1) is 21.1 Å². The second kappa shape index (κ2) is 8.34. The lowest BCUT2D eigenvalue weighted by molar-refractivity contribution is -0.872. The molecule has 0 aliphatic rings. The summed E-state index contributed by atoms with van der Waals surface area (Å²) in [6.07, 6.45) is 9.44. The Kier molecular flexibility index (Phi) is 7.90. The van der Waals surface area contributed by atoms with E-state index < -0.39 is 0 Å². The van der Waals surface area contributed by atoms with Gasteiger partial charge in [-0.3, -0.25) is 4.79 Å². The van der Waals surface area contributed by atoms with Crippen molar-refractivity contribution >= 4 is 5.91 Å². The Morgan fingerprint density at radius 1 is 1.19 bits per heavy atom. The van der Waals surface area contributed by atoms with Gasteiger partial charge in [0.25, 0.3) is 0 Å². The highest BCUT2D eigenvalue weighted by molar-refractivity contribution is 5.77. The molecule has 0 saturated heterocycles. The molecule has 0 unspecified atom stereocenters. The third-order valence-electron chi connectivity index (χ3n) is 2.19. The summed E-state index contributed by atoms with van der Waals surface area (Å²) < 4.78 is 0.756. The maximum Gasteiger partial charge on any atom is 0.228 e. The van der Waals surface area contributed by atoms with E-state index in [1.807, 2.05) is 6.08 Å². The van der Waals surface area contributed by atoms with Crippen LogP contribution in [0.15, 0.2) is 12.2 Å². The van der Waals surface area contributed by atoms with Gasteiger partial charge in [0.15, 0.2) is 6.67 Å². The van der Waals surface area contributed by atoms with Crippen molar-refractivity contribution in [3.63, 3.8) is 0 Å². The van der Waals surface area contributed by atoms with Crippen molar-refractivity contribution in [3.8, 4) is 0 Å². The second-order valence-electron chi connectivity index (χ2n) is 5.22. The average Bonchev–Trinajstić information content (AvgIpc) is 2.19. The molecule has 0 aromatic carbocycles. The van der Waals surface area contributed by atoms with E-state index in [2.05, 4.69) is 39.5 Å². The van der Waals surface area contributed by atoms with E-state index in [1.54, 1.807) is 0 Å². The number of amides is 1. The molecule has 0 fully saturated rings. The van der Waals surface area contributed by atoms with Gasteiger partial charge in [-0.25, -0.2) is 0 Å². The van der Waals surface area contributed by atoms with Gasteiger partial charge in [0.2, 0.25) is 5.91 Å². The smallest absolute Gasteiger partial charge is 0.228 e. The highest BCUT2D eigenvalue weighted by Gasteiger charge is 2.07. The topological polar surface area (TPSA) is 29.1 Å². The van der Waals surface area contributed by atoms with Crippen LogP contribution in [0.3, 0.4) is 0 Å². The van der Waals surface area contributed by atoms with Gasteiger partial charge in [-0.2, -0.15) is 0 Å². The fraction of sp³-hybridized carbons (Fsp3) is 0.769. The van der Waals surface area contributed by atoms with Gasteiger partial charge >= 0.3 is 0 Å². The molecular formula is C13H27N2O+. The minimum absolute atomic E-state index is 0.111. The third-order valence-corrected chi connectivity index (χ3v) is 2.19. The van der Waals surface area contributed by atoms with Crippen LogP contribution < -0.4 is 5.32 Å². The Bertz CT molecular complexity index is 216. The van der Waals surface area contributed by atoms with E-state index in [4.69, 9.17) is 0 Å². The number of quaternary nitrogens is 1. The number of nitrogens with one attached hydrogen (secondary N) is 1. The lowest BCUT2D eigenvalue weighted by atomic mass is 10.2. The maximum absolute atomic E-state index is 11.4. The van der Waals surface area contributed by atoms with Crippen molar-refractivity contribution < 1.29 is 9.28 Å². The molecule has 0 rings (SSSR count). The van der Waals surface area contributed by atoms with Crippen molar-refractivity contribution in [1.29, 1.82) is 0 Å². The predicted molar refractivity (Wildman–Crippen MR) is 68.9 cm³/mol. The van der Waals surface area contributed by atoms with Crippen molar-refractivity contribution in [2.75, 3.05) is 27.8 Å². The van der Waals surface area contributed by atoms with Gasteiger partial charge in [0.1, 0.15) is 0 Å². The van der Waals surface area contributed by atoms with Crippen LogP contribution in [0.25, 0.3) is 0 Å². The summed E-state index contributed by atoms with van der Waals surface area (Å²) in [4.78, 5) is 11.4. The zero-order chi connectivity index (χ0) is 12.4. The molecule has 0 saturated carbocycles. The Hall–Kier alpha value is -0.830. The van der Waals surface area contributed by atoms with Crippen LogP contribution in [0, 0.1) is 0 Å². The fourth-order valence-corrected chi connectivity index (χ4v) is 1.22. The molecule has 0 bridgehead atoms. The first-order chi connectivity index (χ1) is 7.45. The minimum atomic E-state index is 0.111. The Morgan fingerprint density at radius 2 is 1.88 bits per heavy atom. The molecule has 0 aliphatic heterocycles. The number of rotatable bonds is 8. The summed E-state index contributed by atoms with van der Waals surface area (Å²) in [5.41, 5.74) is 0. The van der Waals surface area contributed by atoms with Gasteiger partial charge in [-0.15, -0.1) is 0 Å². The zero-order valence-electron chi connectivity index (χ0n) is 11.3. The van der Waals surface area contributed by atoms with Crippen LogP contribution in [0.1, 0.15) is 39.0 Å². The molecule has 0 aromatic heterocycles. The van der Waals surface area contributed by atoms with Crippen molar-refractivity contribution in [1.82, 2.24) is 5.32 Å². The lowest BCUT2D eigenvalue weighted by Crippen LogP contribution is -2.44. The maximum atomic E-state index is 11.4. The molecule has 16 heavy (non-hydrogen) atoms. The molecule has 0 heterocycles. The lowest BCUT2D eigenvalue weighted by Gasteiger charge is -2.23. The number of hydrogen-bond donors (Lipinski definition) is 1. The number of nitrogens with zero attached hydrogens (tertiary/aromatic N) is 1. The van der Waals surface area contributed by atoms with Crippen molar-refractivity contribution in [2.24, 2.45) is 0 Å². The van der Waals surface area contributed by atoms with Crippen LogP contribution >= 0.6 is 0 Å². The van der Waals surface area contributed by atoms with Crippen LogP contribution in [0.2, 0.25) is 0 Å². The van der Waals surface area contributed by atoms with E-state index in [-0.39, 0.29) is 5.91 Å². The first kappa shape index (κ1) is 15.2. The van der Waals surface area contributed by atoms with Gasteiger partial charge < -0.3 is 9.80 Å². The average molecular weight is 227 g/mol. The second-order valence-corrected chi connectivity index (χ2v) is 5.22. The summed E-state index contributed by atoms with van der Waals surface area (Å²) in [5.74, 6) is 0.111. The van der Waals surface area contributed by atoms with Crippen LogP contribution in [-0.4, -0.2) is 38.2 Å². The molecule has 1 N–H and O–H groups in total. The van der Waals surface area contributed by atoms with Crippen LogP contribution in [0.4, 0.5) is 0 Å². The van der Waals surface area contributed by atoms with E-state index in [9.17, 15) is 4.79 Å². The Labute approximate surface area is 100 Å². The van der Waals surface area contributed by atoms with E-state index >= 15 is 0 Å². The fourth-order valence-electron chi connectivity index (χ4n) is 1.22. The number of hydrogen-bond acceptors (Lipinski definition) is 1. The largest absolute Gasteiger partial charge is 0.314 e. The molecule has 1 amide bonds. The number of allylic oxidation sites excluding steroid dienone is 1. The Balaban J connectivity index is 3.50. The Morgan fingerprint density at radius 3 is 2.44 bits per heavy atom. The first-order valence-electron chi connectivity index (χ1n) is 6.18. The third kappa shape index (κ3) is 11.2. The van der Waals surface area contributed by atoms with Crippen molar-refractivity contribution in [2.45, 2.75) is 39.0 Å². The monoisotopic (exact) mass is 227 g/mol. The quantitative estimate of drug-likeness (QED) is 0.293. The number of carbonyl (C=O) groups excluding carboxylic acids is 1. The minimum Gasteiger partial charge on any atom is -0.314 e. The van der Waals surface area contributed by atoms with E-state index in [1.165, 1.54) is 19.3 Å². The molecule has 0 spiro atoms. The van der Waals surface area contributed by atoms with E-state index in [0.29, 0.717) is 13.1 Å². The molecule has 3 heteroatoms. The summed E-state index contributed by atoms with van der Waals surface area (Å²) >= 11 is 0. The summed E-state index contributed by atoms with van der Waals surface area (Å²) in [7, 11) is 6.17. The summed E-state index contributed by atoms with van der Waals surface area (Å²) in [5, 5.41) is 2.91. The number of carbonyl (C=O) groups is 1. The predicted octanol–water partition coefficient (Wildman–Crippen LogP) is 2.29. The first-order valence-corrected chi connectivity index (χ1v) is 6.18.